The maximum Gasteiger partial charge on any atom is 0.320 e. The van der Waals surface area contributed by atoms with Crippen LogP contribution in [0.5, 0.6) is 0 Å². The van der Waals surface area contributed by atoms with Crippen molar-refractivity contribution >= 4 is 5.97 Å². The Morgan fingerprint density at radius 3 is 2.38 bits per heavy atom. The molecule has 0 rings (SSSR count). The van der Waals surface area contributed by atoms with E-state index in [0.29, 0.717) is 0 Å². The lowest BCUT2D eigenvalue weighted by Crippen LogP contribution is -2.30. The molecule has 0 saturated heterocycles. The molecule has 0 saturated carbocycles. The Morgan fingerprint density at radius 1 is 1.75 bits per heavy atom. The Labute approximate surface area is 46.9 Å². The second-order valence-corrected chi connectivity index (χ2v) is 1.44. The highest BCUT2D eigenvalue weighted by Gasteiger charge is 2.08. The second-order valence-electron chi connectivity index (χ2n) is 1.44. The largest absolute Gasteiger partial charge is 0.480 e. The minimum absolute atomic E-state index is 0.00926. The van der Waals surface area contributed by atoms with E-state index in [0.717, 1.165) is 0 Å². The summed E-state index contributed by atoms with van der Waals surface area (Å²) in [7, 11) is 0. The molecule has 0 aromatic carbocycles. The molecular weight excluding hydrogens is 110 g/mol. The summed E-state index contributed by atoms with van der Waals surface area (Å²) in [5.74, 6) is -1.11. The van der Waals surface area contributed by atoms with Gasteiger partial charge >= 0.3 is 5.97 Å². The number of carboxylic acids is 1. The molecule has 1 radical (unpaired) electrons. The van der Waals surface area contributed by atoms with Crippen molar-refractivity contribution in [1.82, 2.24) is 0 Å². The summed E-state index contributed by atoms with van der Waals surface area (Å²) in [5, 5.41) is 17.8. The number of nitrogens with two attached hydrogens (primary N) is 1. The summed E-state index contributed by atoms with van der Waals surface area (Å²) in [6.07, 6.45) is 0.00926. The van der Waals surface area contributed by atoms with E-state index in [1.54, 1.807) is 0 Å². The average Bonchev–Trinajstić information content (AvgIpc) is 1.67. The summed E-state index contributed by atoms with van der Waals surface area (Å²) in [5.41, 5.74) is 4.93. The Morgan fingerprint density at radius 2 is 2.25 bits per heavy atom. The van der Waals surface area contributed by atoms with Crippen molar-refractivity contribution in [3.8, 4) is 0 Å². The topological polar surface area (TPSA) is 83.2 Å². The minimum Gasteiger partial charge on any atom is -0.480 e. The zero-order chi connectivity index (χ0) is 6.57. The van der Waals surface area contributed by atoms with Crippen LogP contribution in [0.1, 0.15) is 6.42 Å². The molecule has 0 amide bonds. The van der Waals surface area contributed by atoms with E-state index in [2.05, 4.69) is 0 Å². The number of hydrogen-bond donors (Lipinski definition) is 2. The number of hydrogen-bond acceptors (Lipinski definition) is 2. The standard InChI is InChI=1S/C4H8NO3/c5-3(1-2-6)4(7)8/h3H,1-2,5H2,(H,7,8). The molecular formula is C4H8NO3. The fourth-order valence-electron chi connectivity index (χ4n) is 0.250. The maximum atomic E-state index is 9.83. The number of carbonyl (C=O) groups is 1. The SMILES string of the molecule is NC(CC[O])C(=O)O. The van der Waals surface area contributed by atoms with Crippen molar-refractivity contribution in [2.75, 3.05) is 6.61 Å². The quantitative estimate of drug-likeness (QED) is 0.509. The van der Waals surface area contributed by atoms with Crippen LogP contribution in [-0.2, 0) is 9.90 Å². The van der Waals surface area contributed by atoms with Crippen molar-refractivity contribution in [2.45, 2.75) is 12.5 Å². The Kier molecular flexibility index (Phi) is 3.14. The molecule has 0 aliphatic heterocycles. The number of aliphatic carboxylic acids is 1. The van der Waals surface area contributed by atoms with Gasteiger partial charge in [0.15, 0.2) is 0 Å². The maximum absolute atomic E-state index is 9.83. The lowest BCUT2D eigenvalue weighted by atomic mass is 10.2. The third-order valence-electron chi connectivity index (χ3n) is 0.746. The predicted octanol–water partition coefficient (Wildman–Crippen LogP) is -0.781. The number of rotatable bonds is 3. The van der Waals surface area contributed by atoms with Gasteiger partial charge in [0, 0.05) is 0 Å². The smallest absolute Gasteiger partial charge is 0.320 e. The van der Waals surface area contributed by atoms with E-state index in [4.69, 9.17) is 10.8 Å². The fourth-order valence-corrected chi connectivity index (χ4v) is 0.250. The van der Waals surface area contributed by atoms with Gasteiger partial charge in [-0.05, 0) is 6.42 Å². The third kappa shape index (κ3) is 2.54. The lowest BCUT2D eigenvalue weighted by molar-refractivity contribution is -0.139. The first-order chi connectivity index (χ1) is 3.68. The van der Waals surface area contributed by atoms with Gasteiger partial charge in [-0.1, -0.05) is 0 Å². The van der Waals surface area contributed by atoms with Gasteiger partial charge < -0.3 is 10.8 Å². The van der Waals surface area contributed by atoms with Crippen LogP contribution in [0.4, 0.5) is 0 Å². The Hall–Kier alpha value is -0.610. The van der Waals surface area contributed by atoms with Gasteiger partial charge in [0.05, 0.1) is 6.61 Å². The van der Waals surface area contributed by atoms with E-state index in [-0.39, 0.29) is 6.42 Å². The van der Waals surface area contributed by atoms with Crippen LogP contribution in [0.15, 0.2) is 0 Å². The van der Waals surface area contributed by atoms with E-state index in [1.807, 2.05) is 0 Å². The highest BCUT2D eigenvalue weighted by molar-refractivity contribution is 5.72. The molecule has 0 fully saturated rings. The Bertz CT molecular complexity index is 83.4. The Balaban J connectivity index is 3.32. The van der Waals surface area contributed by atoms with Crippen LogP contribution in [0.2, 0.25) is 0 Å². The summed E-state index contributed by atoms with van der Waals surface area (Å²) < 4.78 is 0. The molecule has 0 spiro atoms. The molecule has 47 valence electrons. The fraction of sp³-hybridized carbons (Fsp3) is 0.750. The predicted molar refractivity (Wildman–Crippen MR) is 25.8 cm³/mol. The zero-order valence-electron chi connectivity index (χ0n) is 4.33. The van der Waals surface area contributed by atoms with Crippen LogP contribution in [0, 0.1) is 0 Å². The molecule has 0 aliphatic carbocycles. The molecule has 8 heavy (non-hydrogen) atoms. The third-order valence-corrected chi connectivity index (χ3v) is 0.746. The minimum atomic E-state index is -1.11. The molecule has 0 aliphatic rings. The summed E-state index contributed by atoms with van der Waals surface area (Å²) in [6.45, 7) is -0.423. The van der Waals surface area contributed by atoms with Crippen molar-refractivity contribution < 1.29 is 15.0 Å². The highest BCUT2D eigenvalue weighted by Crippen LogP contribution is 1.84. The molecule has 0 aromatic rings. The first-order valence-corrected chi connectivity index (χ1v) is 2.25. The molecule has 0 bridgehead atoms. The van der Waals surface area contributed by atoms with Gasteiger partial charge in [-0.3, -0.25) is 4.79 Å². The average molecular weight is 118 g/mol. The van der Waals surface area contributed by atoms with Gasteiger partial charge in [0.1, 0.15) is 6.04 Å². The first kappa shape index (κ1) is 7.39. The molecule has 0 heterocycles. The van der Waals surface area contributed by atoms with Crippen LogP contribution in [-0.4, -0.2) is 23.7 Å². The molecule has 3 N–H and O–H groups in total. The van der Waals surface area contributed by atoms with Gasteiger partial charge in [-0.25, -0.2) is 5.11 Å². The van der Waals surface area contributed by atoms with E-state index in [9.17, 15) is 9.90 Å². The van der Waals surface area contributed by atoms with Crippen LogP contribution >= 0.6 is 0 Å². The lowest BCUT2D eigenvalue weighted by Gasteiger charge is -1.99. The van der Waals surface area contributed by atoms with Crippen molar-refractivity contribution in [3.63, 3.8) is 0 Å². The van der Waals surface area contributed by atoms with E-state index < -0.39 is 18.6 Å². The molecule has 4 heteroatoms. The van der Waals surface area contributed by atoms with Crippen LogP contribution in [0.25, 0.3) is 0 Å². The molecule has 1 unspecified atom stereocenters. The normalized spacial score (nSPS) is 13.2. The molecule has 0 aromatic heterocycles. The second kappa shape index (κ2) is 3.40. The molecule has 4 nitrogen and oxygen atoms in total. The van der Waals surface area contributed by atoms with Gasteiger partial charge in [0.2, 0.25) is 0 Å². The summed E-state index contributed by atoms with van der Waals surface area (Å²) >= 11 is 0. The monoisotopic (exact) mass is 118 g/mol. The van der Waals surface area contributed by atoms with Crippen molar-refractivity contribution in [1.29, 1.82) is 0 Å². The van der Waals surface area contributed by atoms with Crippen LogP contribution in [0.3, 0.4) is 0 Å². The highest BCUT2D eigenvalue weighted by atomic mass is 16.4. The number of carboxylic acid groups (broad SMARTS) is 1. The van der Waals surface area contributed by atoms with Crippen molar-refractivity contribution in [3.05, 3.63) is 0 Å². The zero-order valence-corrected chi connectivity index (χ0v) is 4.33. The van der Waals surface area contributed by atoms with Crippen LogP contribution < -0.4 is 5.73 Å². The van der Waals surface area contributed by atoms with Gasteiger partial charge in [-0.15, -0.1) is 0 Å². The molecule has 1 atom stereocenters. The van der Waals surface area contributed by atoms with Gasteiger partial charge in [0.25, 0.3) is 0 Å². The van der Waals surface area contributed by atoms with Crippen molar-refractivity contribution in [2.24, 2.45) is 5.73 Å². The van der Waals surface area contributed by atoms with E-state index >= 15 is 0 Å². The van der Waals surface area contributed by atoms with Gasteiger partial charge in [-0.2, -0.15) is 0 Å². The first-order valence-electron chi connectivity index (χ1n) is 2.25. The summed E-state index contributed by atoms with van der Waals surface area (Å²) in [6, 6.07) is -0.979. The summed E-state index contributed by atoms with van der Waals surface area (Å²) in [4.78, 5) is 9.83. The van der Waals surface area contributed by atoms with E-state index in [1.165, 1.54) is 0 Å².